The van der Waals surface area contributed by atoms with E-state index in [0.29, 0.717) is 11.1 Å². The molecule has 0 saturated carbocycles. The molecule has 0 aliphatic rings. The van der Waals surface area contributed by atoms with Gasteiger partial charge in [0.05, 0.1) is 18.8 Å². The minimum atomic E-state index is -0.675. The first-order valence-corrected chi connectivity index (χ1v) is 6.66. The summed E-state index contributed by atoms with van der Waals surface area (Å²) < 4.78 is 9.74. The first-order valence-electron chi connectivity index (χ1n) is 6.66. The van der Waals surface area contributed by atoms with Crippen LogP contribution in [-0.4, -0.2) is 30.9 Å². The third kappa shape index (κ3) is 4.87. The molecule has 0 saturated heterocycles. The number of rotatable bonds is 6. The van der Waals surface area contributed by atoms with Crippen molar-refractivity contribution in [3.63, 3.8) is 0 Å². The maximum Gasteiger partial charge on any atom is 0.341 e. The van der Waals surface area contributed by atoms with Crippen molar-refractivity contribution >= 4 is 23.8 Å². The molecule has 21 heavy (non-hydrogen) atoms. The quantitative estimate of drug-likeness (QED) is 0.348. The highest BCUT2D eigenvalue weighted by molar-refractivity contribution is 6.19. The van der Waals surface area contributed by atoms with Gasteiger partial charge in [-0.1, -0.05) is 12.1 Å². The minimum absolute atomic E-state index is 0.0575. The van der Waals surface area contributed by atoms with Crippen LogP contribution in [0.2, 0.25) is 0 Å². The van der Waals surface area contributed by atoms with Crippen LogP contribution in [0.1, 0.15) is 36.7 Å². The third-order valence-electron chi connectivity index (χ3n) is 2.58. The highest BCUT2D eigenvalue weighted by Gasteiger charge is 2.16. The minimum Gasteiger partial charge on any atom is -0.462 e. The summed E-state index contributed by atoms with van der Waals surface area (Å²) in [5.41, 5.74) is 0.856. The van der Waals surface area contributed by atoms with Gasteiger partial charge in [0, 0.05) is 0 Å². The predicted octanol–water partition coefficient (Wildman–Crippen LogP) is 2.40. The molecule has 0 bridgehead atoms. The fourth-order valence-corrected chi connectivity index (χ4v) is 1.65. The van der Waals surface area contributed by atoms with Gasteiger partial charge in [-0.3, -0.25) is 4.79 Å². The summed E-state index contributed by atoms with van der Waals surface area (Å²) in [4.78, 5) is 34.9. The SMILES string of the molecule is CCOC(=O)C(=Cc1cccc(C(=O)OCC)c1)C(C)=O. The summed E-state index contributed by atoms with van der Waals surface area (Å²) in [5, 5.41) is 0. The van der Waals surface area contributed by atoms with E-state index in [2.05, 4.69) is 0 Å². The molecule has 112 valence electrons. The lowest BCUT2D eigenvalue weighted by Crippen LogP contribution is -2.13. The van der Waals surface area contributed by atoms with Crippen molar-refractivity contribution in [3.05, 3.63) is 41.0 Å². The topological polar surface area (TPSA) is 69.7 Å². The van der Waals surface area contributed by atoms with Crippen LogP contribution in [0.25, 0.3) is 6.08 Å². The monoisotopic (exact) mass is 290 g/mol. The summed E-state index contributed by atoms with van der Waals surface area (Å²) in [6.07, 6.45) is 1.41. The van der Waals surface area contributed by atoms with Crippen LogP contribution in [0.15, 0.2) is 29.8 Å². The zero-order valence-corrected chi connectivity index (χ0v) is 12.3. The van der Waals surface area contributed by atoms with Crippen LogP contribution in [0.4, 0.5) is 0 Å². The second-order valence-corrected chi connectivity index (χ2v) is 4.18. The van der Waals surface area contributed by atoms with Crippen LogP contribution in [-0.2, 0) is 19.1 Å². The average molecular weight is 290 g/mol. The third-order valence-corrected chi connectivity index (χ3v) is 2.58. The maximum atomic E-state index is 11.7. The van der Waals surface area contributed by atoms with E-state index < -0.39 is 17.7 Å². The predicted molar refractivity (Wildman–Crippen MR) is 77.7 cm³/mol. The smallest absolute Gasteiger partial charge is 0.341 e. The van der Waals surface area contributed by atoms with Gasteiger partial charge in [0.15, 0.2) is 5.78 Å². The highest BCUT2D eigenvalue weighted by Crippen LogP contribution is 2.13. The highest BCUT2D eigenvalue weighted by atomic mass is 16.5. The zero-order chi connectivity index (χ0) is 15.8. The van der Waals surface area contributed by atoms with Gasteiger partial charge in [0.1, 0.15) is 5.57 Å². The van der Waals surface area contributed by atoms with Gasteiger partial charge in [0.25, 0.3) is 0 Å². The molecule has 1 rings (SSSR count). The van der Waals surface area contributed by atoms with Crippen molar-refractivity contribution in [2.24, 2.45) is 0 Å². The van der Waals surface area contributed by atoms with E-state index in [4.69, 9.17) is 9.47 Å². The van der Waals surface area contributed by atoms with E-state index in [1.807, 2.05) is 0 Å². The molecule has 0 amide bonds. The van der Waals surface area contributed by atoms with E-state index in [1.165, 1.54) is 13.0 Å². The maximum absolute atomic E-state index is 11.7. The van der Waals surface area contributed by atoms with Crippen molar-refractivity contribution < 1.29 is 23.9 Å². The number of benzene rings is 1. The van der Waals surface area contributed by atoms with Gasteiger partial charge in [-0.25, -0.2) is 9.59 Å². The number of hydrogen-bond donors (Lipinski definition) is 0. The van der Waals surface area contributed by atoms with Crippen molar-refractivity contribution in [2.45, 2.75) is 20.8 Å². The van der Waals surface area contributed by atoms with Crippen molar-refractivity contribution in [1.82, 2.24) is 0 Å². The second kappa shape index (κ2) is 7.99. The Hall–Kier alpha value is -2.43. The summed E-state index contributed by atoms with van der Waals surface area (Å²) >= 11 is 0. The lowest BCUT2D eigenvalue weighted by molar-refractivity contribution is -0.139. The van der Waals surface area contributed by atoms with Crippen LogP contribution >= 0.6 is 0 Å². The number of Topliss-reactive ketones (excluding diaryl/α,β-unsaturated/α-hetero) is 1. The Kier molecular flexibility index (Phi) is 6.33. The molecule has 0 atom stereocenters. The van der Waals surface area contributed by atoms with Gasteiger partial charge in [-0.05, 0) is 44.5 Å². The number of esters is 2. The van der Waals surface area contributed by atoms with Crippen LogP contribution in [0, 0.1) is 0 Å². The molecule has 5 heteroatoms. The lowest BCUT2D eigenvalue weighted by atomic mass is 10.1. The largest absolute Gasteiger partial charge is 0.462 e. The number of carbonyl (C=O) groups excluding carboxylic acids is 3. The number of ether oxygens (including phenoxy) is 2. The Morgan fingerprint density at radius 2 is 1.76 bits per heavy atom. The molecule has 5 nitrogen and oxygen atoms in total. The van der Waals surface area contributed by atoms with Crippen LogP contribution in [0.3, 0.4) is 0 Å². The van der Waals surface area contributed by atoms with E-state index in [1.54, 1.807) is 38.1 Å². The Morgan fingerprint density at radius 3 is 2.33 bits per heavy atom. The molecular formula is C16H18O5. The Morgan fingerprint density at radius 1 is 1.10 bits per heavy atom. The molecule has 0 heterocycles. The Balaban J connectivity index is 3.11. The fraction of sp³-hybridized carbons (Fsp3) is 0.312. The van der Waals surface area contributed by atoms with Crippen molar-refractivity contribution in [3.8, 4) is 0 Å². The molecule has 1 aromatic carbocycles. The second-order valence-electron chi connectivity index (χ2n) is 4.18. The zero-order valence-electron chi connectivity index (χ0n) is 12.3. The lowest BCUT2D eigenvalue weighted by Gasteiger charge is -2.05. The summed E-state index contributed by atoms with van der Waals surface area (Å²) in [5.74, 6) is -1.52. The Labute approximate surface area is 123 Å². The van der Waals surface area contributed by atoms with Gasteiger partial charge < -0.3 is 9.47 Å². The molecule has 1 aromatic rings. The summed E-state index contributed by atoms with van der Waals surface area (Å²) in [6, 6.07) is 6.50. The van der Waals surface area contributed by atoms with E-state index >= 15 is 0 Å². The number of hydrogen-bond acceptors (Lipinski definition) is 5. The number of carbonyl (C=O) groups is 3. The Bertz CT molecular complexity index is 572. The molecule has 0 aliphatic heterocycles. The normalized spacial score (nSPS) is 10.9. The summed E-state index contributed by atoms with van der Waals surface area (Å²) in [6.45, 7) is 5.14. The standard InChI is InChI=1S/C16H18O5/c1-4-20-15(18)13-8-6-7-12(9-13)10-14(11(3)17)16(19)21-5-2/h6-10H,4-5H2,1-3H3. The molecule has 0 spiro atoms. The van der Waals surface area contributed by atoms with Crippen molar-refractivity contribution in [1.29, 1.82) is 0 Å². The van der Waals surface area contributed by atoms with Gasteiger partial charge in [-0.2, -0.15) is 0 Å². The fourth-order valence-electron chi connectivity index (χ4n) is 1.65. The average Bonchev–Trinajstić information content (AvgIpc) is 2.45. The van der Waals surface area contributed by atoms with Crippen LogP contribution in [0.5, 0.6) is 0 Å². The van der Waals surface area contributed by atoms with Gasteiger partial charge in [-0.15, -0.1) is 0 Å². The molecule has 0 aromatic heterocycles. The van der Waals surface area contributed by atoms with E-state index in [9.17, 15) is 14.4 Å². The van der Waals surface area contributed by atoms with E-state index in [0.717, 1.165) is 0 Å². The molecule has 0 fully saturated rings. The summed E-state index contributed by atoms with van der Waals surface area (Å²) in [7, 11) is 0. The van der Waals surface area contributed by atoms with Crippen molar-refractivity contribution in [2.75, 3.05) is 13.2 Å². The first-order chi connectivity index (χ1) is 9.99. The van der Waals surface area contributed by atoms with E-state index in [-0.39, 0.29) is 18.8 Å². The number of ketones is 1. The van der Waals surface area contributed by atoms with Gasteiger partial charge >= 0.3 is 11.9 Å². The van der Waals surface area contributed by atoms with Crippen LogP contribution < -0.4 is 0 Å². The molecule has 0 unspecified atom stereocenters. The molecule has 0 radical (unpaired) electrons. The van der Waals surface area contributed by atoms with Gasteiger partial charge in [0.2, 0.25) is 0 Å². The first kappa shape index (κ1) is 16.6. The molecule has 0 N–H and O–H groups in total. The molecule has 0 aliphatic carbocycles. The molecular weight excluding hydrogens is 272 g/mol.